The van der Waals surface area contributed by atoms with Crippen molar-refractivity contribution >= 4 is 23.8 Å². The van der Waals surface area contributed by atoms with Gasteiger partial charge in [0.2, 0.25) is 17.7 Å². The number of nitrogens with zero attached hydrogens (tertiary/aromatic N) is 2. The fourth-order valence-electron chi connectivity index (χ4n) is 5.15. The van der Waals surface area contributed by atoms with E-state index in [0.717, 1.165) is 0 Å². The molecule has 0 unspecified atom stereocenters. The molecule has 1 aliphatic heterocycles. The lowest BCUT2D eigenvalue weighted by Gasteiger charge is -2.38. The number of hydrogen-bond acceptors (Lipinski definition) is 6. The number of rotatable bonds is 6. The quantitative estimate of drug-likeness (QED) is 0.545. The lowest BCUT2D eigenvalue weighted by Crippen LogP contribution is -2.60. The average molecular weight is 502 g/mol. The van der Waals surface area contributed by atoms with E-state index in [4.69, 9.17) is 10.5 Å². The minimum absolute atomic E-state index is 0.0778. The zero-order chi connectivity index (χ0) is 27.2. The summed E-state index contributed by atoms with van der Waals surface area (Å²) in [5, 5.41) is 5.46. The maximum Gasteiger partial charge on any atom is 0.408 e. The molecule has 10 nitrogen and oxygen atoms in total. The van der Waals surface area contributed by atoms with Crippen LogP contribution in [0.1, 0.15) is 67.0 Å². The number of nitrogens with two attached hydrogens (primary N) is 1. The van der Waals surface area contributed by atoms with Gasteiger partial charge in [0.05, 0.1) is 0 Å². The Bertz CT molecular complexity index is 1030. The van der Waals surface area contributed by atoms with E-state index in [-0.39, 0.29) is 23.2 Å². The van der Waals surface area contributed by atoms with Crippen molar-refractivity contribution < 1.29 is 23.9 Å². The van der Waals surface area contributed by atoms with E-state index in [1.165, 1.54) is 11.1 Å². The Morgan fingerprint density at radius 1 is 1.14 bits per heavy atom. The van der Waals surface area contributed by atoms with Crippen molar-refractivity contribution in [1.82, 2.24) is 20.5 Å². The monoisotopic (exact) mass is 501 g/mol. The standard InChI is InChI=1S/C26H39N5O5/c1-24(2,3)19(30-23(35)36-25(4,5)6)22(34)31-13-15-16(26(15,7)8)18(31)21(33)29-17(20(27)32)14-10-9-11-28-12-14/h9-12,15-19H,13H2,1-8H3,(H2,27,32)(H,29,33)(H,30,35)/t15-,16-,17-,18-,19+/m0/s1. The Morgan fingerprint density at radius 2 is 1.78 bits per heavy atom. The molecule has 36 heavy (non-hydrogen) atoms. The molecule has 0 bridgehead atoms. The molecule has 2 heterocycles. The number of hydrogen-bond donors (Lipinski definition) is 3. The molecule has 0 radical (unpaired) electrons. The van der Waals surface area contributed by atoms with E-state index in [9.17, 15) is 19.2 Å². The number of alkyl carbamates (subject to hydrolysis) is 1. The predicted molar refractivity (Wildman–Crippen MR) is 133 cm³/mol. The lowest BCUT2D eigenvalue weighted by atomic mass is 9.85. The van der Waals surface area contributed by atoms with Crippen LogP contribution in [0.2, 0.25) is 0 Å². The van der Waals surface area contributed by atoms with Gasteiger partial charge >= 0.3 is 6.09 Å². The number of carbonyl (C=O) groups excluding carboxylic acids is 4. The van der Waals surface area contributed by atoms with Gasteiger partial charge < -0.3 is 26.0 Å². The molecule has 4 N–H and O–H groups in total. The van der Waals surface area contributed by atoms with Crippen molar-refractivity contribution in [3.8, 4) is 0 Å². The lowest BCUT2D eigenvalue weighted by molar-refractivity contribution is -0.144. The summed E-state index contributed by atoms with van der Waals surface area (Å²) >= 11 is 0. The largest absolute Gasteiger partial charge is 0.444 e. The minimum atomic E-state index is -1.08. The van der Waals surface area contributed by atoms with Gasteiger partial charge in [-0.25, -0.2) is 4.79 Å². The van der Waals surface area contributed by atoms with Crippen LogP contribution in [0.3, 0.4) is 0 Å². The Labute approximate surface area is 212 Å². The van der Waals surface area contributed by atoms with Crippen LogP contribution in [0.5, 0.6) is 0 Å². The van der Waals surface area contributed by atoms with Crippen molar-refractivity contribution in [2.45, 2.75) is 79.1 Å². The Morgan fingerprint density at radius 3 is 2.28 bits per heavy atom. The number of nitrogens with one attached hydrogen (secondary N) is 2. The molecule has 10 heteroatoms. The Kier molecular flexibility index (Phi) is 7.13. The second kappa shape index (κ2) is 9.37. The van der Waals surface area contributed by atoms with Crippen LogP contribution in [0.4, 0.5) is 4.79 Å². The second-order valence-electron chi connectivity index (χ2n) is 12.5. The molecule has 1 saturated carbocycles. The van der Waals surface area contributed by atoms with Gasteiger partial charge in [-0.3, -0.25) is 19.4 Å². The van der Waals surface area contributed by atoms with E-state index in [2.05, 4.69) is 29.5 Å². The molecular weight excluding hydrogens is 462 g/mol. The normalized spacial score (nSPS) is 24.2. The molecule has 4 amide bonds. The maximum atomic E-state index is 13.8. The molecule has 0 aromatic carbocycles. The van der Waals surface area contributed by atoms with Gasteiger partial charge in [-0.05, 0) is 49.5 Å². The van der Waals surface area contributed by atoms with Crippen molar-refractivity contribution in [3.63, 3.8) is 0 Å². The zero-order valence-corrected chi connectivity index (χ0v) is 22.4. The number of ether oxygens (including phenoxy) is 1. The highest BCUT2D eigenvalue weighted by molar-refractivity contribution is 5.95. The second-order valence-corrected chi connectivity index (χ2v) is 12.5. The van der Waals surface area contributed by atoms with Crippen LogP contribution < -0.4 is 16.4 Å². The summed E-state index contributed by atoms with van der Waals surface area (Å²) in [5.41, 5.74) is 4.54. The Balaban J connectivity index is 1.87. The summed E-state index contributed by atoms with van der Waals surface area (Å²) in [6.07, 6.45) is 2.33. The highest BCUT2D eigenvalue weighted by Crippen LogP contribution is 2.65. The van der Waals surface area contributed by atoms with E-state index in [1.54, 1.807) is 39.1 Å². The minimum Gasteiger partial charge on any atom is -0.444 e. The van der Waals surface area contributed by atoms with Crippen LogP contribution >= 0.6 is 0 Å². The number of fused-ring (bicyclic) bond motifs is 1. The third-order valence-electron chi connectivity index (χ3n) is 7.12. The van der Waals surface area contributed by atoms with Gasteiger partial charge in [-0.15, -0.1) is 0 Å². The SMILES string of the molecule is CC(C)(C)OC(=O)N[C@H](C(=O)N1C[C@H]2[C@@H]([C@H]1C(=O)N[C@H](C(N)=O)c1cccnc1)C2(C)C)C(C)(C)C. The number of pyridine rings is 1. The van der Waals surface area contributed by atoms with Gasteiger partial charge in [0, 0.05) is 24.5 Å². The van der Waals surface area contributed by atoms with Crippen molar-refractivity contribution in [2.24, 2.45) is 28.4 Å². The summed E-state index contributed by atoms with van der Waals surface area (Å²) in [7, 11) is 0. The molecular formula is C26H39N5O5. The number of piperidine rings is 1. The first kappa shape index (κ1) is 27.4. The van der Waals surface area contributed by atoms with Crippen LogP contribution in [0, 0.1) is 22.7 Å². The molecule has 3 rings (SSSR count). The van der Waals surface area contributed by atoms with Gasteiger partial charge in [0.15, 0.2) is 0 Å². The number of aromatic nitrogens is 1. The Hall–Kier alpha value is -3.17. The number of amides is 4. The molecule has 0 spiro atoms. The number of likely N-dealkylation sites (tertiary alicyclic amines) is 1. The van der Waals surface area contributed by atoms with Crippen LogP contribution in [0.25, 0.3) is 0 Å². The zero-order valence-electron chi connectivity index (χ0n) is 22.4. The number of primary amides is 1. The summed E-state index contributed by atoms with van der Waals surface area (Å²) in [4.78, 5) is 57.8. The maximum absolute atomic E-state index is 13.8. The van der Waals surface area contributed by atoms with E-state index in [0.29, 0.717) is 12.1 Å². The smallest absolute Gasteiger partial charge is 0.408 e. The van der Waals surface area contributed by atoms with Crippen molar-refractivity contribution in [1.29, 1.82) is 0 Å². The van der Waals surface area contributed by atoms with Crippen LogP contribution in [-0.4, -0.2) is 57.9 Å². The van der Waals surface area contributed by atoms with E-state index in [1.807, 2.05) is 20.8 Å². The molecule has 1 aliphatic carbocycles. The third-order valence-corrected chi connectivity index (χ3v) is 7.12. The summed E-state index contributed by atoms with van der Waals surface area (Å²) in [5.74, 6) is -1.50. The van der Waals surface area contributed by atoms with Gasteiger partial charge in [0.25, 0.3) is 0 Å². The van der Waals surface area contributed by atoms with Gasteiger partial charge in [-0.1, -0.05) is 40.7 Å². The fraction of sp³-hybridized carbons (Fsp3) is 0.654. The predicted octanol–water partition coefficient (Wildman–Crippen LogP) is 2.15. The highest BCUT2D eigenvalue weighted by Gasteiger charge is 2.69. The van der Waals surface area contributed by atoms with Gasteiger partial charge in [-0.2, -0.15) is 0 Å². The van der Waals surface area contributed by atoms with Crippen molar-refractivity contribution in [3.05, 3.63) is 30.1 Å². The molecule has 198 valence electrons. The molecule has 1 saturated heterocycles. The topological polar surface area (TPSA) is 144 Å². The molecule has 1 aromatic heterocycles. The summed E-state index contributed by atoms with van der Waals surface area (Å²) < 4.78 is 5.38. The first-order valence-electron chi connectivity index (χ1n) is 12.2. The third kappa shape index (κ3) is 5.63. The molecule has 1 aromatic rings. The summed E-state index contributed by atoms with van der Waals surface area (Å²) in [6.45, 7) is 15.3. The van der Waals surface area contributed by atoms with Gasteiger partial charge in [0.1, 0.15) is 23.7 Å². The average Bonchev–Trinajstić information content (AvgIpc) is 3.08. The first-order chi connectivity index (χ1) is 16.4. The summed E-state index contributed by atoms with van der Waals surface area (Å²) in [6, 6.07) is 0.501. The first-order valence-corrected chi connectivity index (χ1v) is 12.2. The molecule has 2 fully saturated rings. The fourth-order valence-corrected chi connectivity index (χ4v) is 5.15. The van der Waals surface area contributed by atoms with Crippen LogP contribution in [-0.2, 0) is 19.1 Å². The highest BCUT2D eigenvalue weighted by atomic mass is 16.6. The van der Waals surface area contributed by atoms with Crippen LogP contribution in [0.15, 0.2) is 24.5 Å². The van der Waals surface area contributed by atoms with E-state index >= 15 is 0 Å². The van der Waals surface area contributed by atoms with Crippen molar-refractivity contribution in [2.75, 3.05) is 6.54 Å². The number of carbonyl (C=O) groups is 4. The molecule has 2 aliphatic rings. The molecule has 5 atom stereocenters. The van der Waals surface area contributed by atoms with E-state index < -0.39 is 47.0 Å².